The maximum atomic E-state index is 12.0. The average Bonchev–Trinajstić information content (AvgIpc) is 2.37. The fourth-order valence-corrected chi connectivity index (χ4v) is 2.40. The molecule has 19 heavy (non-hydrogen) atoms. The van der Waals surface area contributed by atoms with Crippen LogP contribution in [0.5, 0.6) is 5.75 Å². The highest BCUT2D eigenvalue weighted by molar-refractivity contribution is 6.21. The van der Waals surface area contributed by atoms with Crippen molar-refractivity contribution in [1.82, 2.24) is 0 Å². The minimum Gasteiger partial charge on any atom is -0.511 e. The van der Waals surface area contributed by atoms with Crippen molar-refractivity contribution in [3.8, 4) is 5.75 Å². The number of phenols is 1. The van der Waals surface area contributed by atoms with Gasteiger partial charge < -0.3 is 10.2 Å². The van der Waals surface area contributed by atoms with Crippen molar-refractivity contribution in [3.63, 3.8) is 0 Å². The predicted molar refractivity (Wildman–Crippen MR) is 70.0 cm³/mol. The Labute approximate surface area is 111 Å². The number of phenolic OH excluding ortho intramolecular Hbond substituents is 1. The van der Waals surface area contributed by atoms with E-state index in [4.69, 9.17) is 0 Å². The molecule has 4 heteroatoms. The molecule has 1 aliphatic rings. The number of aliphatic hydroxyl groups excluding tert-OH is 1. The number of hydrogen-bond acceptors (Lipinski definition) is 4. The van der Waals surface area contributed by atoms with E-state index in [0.29, 0.717) is 0 Å². The summed E-state index contributed by atoms with van der Waals surface area (Å²) >= 11 is 0. The first kappa shape index (κ1) is 13.3. The summed E-state index contributed by atoms with van der Waals surface area (Å²) < 4.78 is 0. The van der Waals surface area contributed by atoms with E-state index in [1.165, 1.54) is 0 Å². The topological polar surface area (TPSA) is 74.6 Å². The van der Waals surface area contributed by atoms with Crippen LogP contribution in [0.25, 0.3) is 0 Å². The van der Waals surface area contributed by atoms with Gasteiger partial charge in [0.25, 0.3) is 0 Å². The maximum absolute atomic E-state index is 12.0. The molecule has 0 aliphatic heterocycles. The Bertz CT molecular complexity index is 557. The summed E-state index contributed by atoms with van der Waals surface area (Å²) in [4.78, 5) is 23.6. The lowest BCUT2D eigenvalue weighted by Crippen LogP contribution is -2.23. The highest BCUT2D eigenvalue weighted by Crippen LogP contribution is 2.35. The molecule has 1 atom stereocenters. The van der Waals surface area contributed by atoms with E-state index in [9.17, 15) is 19.8 Å². The molecule has 0 amide bonds. The number of rotatable bonds is 3. The minimum atomic E-state index is -0.316. The van der Waals surface area contributed by atoms with Crippen molar-refractivity contribution in [2.24, 2.45) is 0 Å². The zero-order valence-corrected chi connectivity index (χ0v) is 10.7. The molecule has 2 N–H and O–H groups in total. The number of allylic oxidation sites excluding steroid dienone is 2. The Hall–Kier alpha value is -2.10. The molecule has 0 spiro atoms. The number of hydrogen-bond donors (Lipinski definition) is 2. The van der Waals surface area contributed by atoms with Gasteiger partial charge in [-0.05, 0) is 23.6 Å². The Balaban J connectivity index is 2.30. The van der Waals surface area contributed by atoms with Gasteiger partial charge in [0.15, 0.2) is 11.6 Å². The fraction of sp³-hybridized carbons (Fsp3) is 0.333. The number of Topliss-reactive ketones (excluding diaryl/α,β-unsaturated/α-hetero) is 2. The molecule has 1 aromatic carbocycles. The van der Waals surface area contributed by atoms with Crippen LogP contribution < -0.4 is 0 Å². The van der Waals surface area contributed by atoms with E-state index in [0.717, 1.165) is 5.56 Å². The number of benzene rings is 1. The lowest BCUT2D eigenvalue weighted by molar-refractivity contribution is -0.122. The molecule has 0 saturated heterocycles. The first-order valence-corrected chi connectivity index (χ1v) is 6.30. The Morgan fingerprint density at radius 1 is 1.32 bits per heavy atom. The fourth-order valence-electron chi connectivity index (χ4n) is 2.40. The molecule has 0 aromatic heterocycles. The summed E-state index contributed by atoms with van der Waals surface area (Å²) in [5.74, 6) is -0.811. The van der Waals surface area contributed by atoms with E-state index < -0.39 is 0 Å². The summed E-state index contributed by atoms with van der Waals surface area (Å²) in [6.07, 6.45) is 0.660. The highest BCUT2D eigenvalue weighted by atomic mass is 16.3. The van der Waals surface area contributed by atoms with Crippen molar-refractivity contribution < 1.29 is 19.8 Å². The zero-order chi connectivity index (χ0) is 14.0. The van der Waals surface area contributed by atoms with E-state index in [-0.39, 0.29) is 53.8 Å². The average molecular weight is 260 g/mol. The third kappa shape index (κ3) is 2.67. The smallest absolute Gasteiger partial charge is 0.170 e. The molecule has 100 valence electrons. The van der Waals surface area contributed by atoms with Crippen LogP contribution in [0.4, 0.5) is 0 Å². The quantitative estimate of drug-likeness (QED) is 0.819. The van der Waals surface area contributed by atoms with Crippen LogP contribution >= 0.6 is 0 Å². The minimum absolute atomic E-state index is 0.0427. The van der Waals surface area contributed by atoms with Crippen LogP contribution in [0.2, 0.25) is 0 Å². The van der Waals surface area contributed by atoms with Gasteiger partial charge in [-0.2, -0.15) is 0 Å². The maximum Gasteiger partial charge on any atom is 0.170 e. The number of carbonyl (C=O) groups excluding carboxylic acids is 2. The van der Waals surface area contributed by atoms with Gasteiger partial charge in [0, 0.05) is 19.3 Å². The molecule has 0 heterocycles. The summed E-state index contributed by atoms with van der Waals surface area (Å²) in [6.45, 7) is 1.66. The predicted octanol–water partition coefficient (Wildman–Crippen LogP) is 2.63. The zero-order valence-electron chi connectivity index (χ0n) is 10.7. The van der Waals surface area contributed by atoms with Gasteiger partial charge in [0.1, 0.15) is 11.5 Å². The van der Waals surface area contributed by atoms with Gasteiger partial charge in [-0.25, -0.2) is 0 Å². The molecule has 4 nitrogen and oxygen atoms in total. The first-order chi connectivity index (χ1) is 9.02. The van der Waals surface area contributed by atoms with Crippen LogP contribution in [0.1, 0.15) is 37.7 Å². The third-order valence-electron chi connectivity index (χ3n) is 3.38. The SMILES string of the molecule is CCC(=O)C1=C(O)CC(c2cccc(O)c2)CC1=O. The normalized spacial score (nSPS) is 19.6. The van der Waals surface area contributed by atoms with Crippen molar-refractivity contribution in [2.75, 3.05) is 0 Å². The van der Waals surface area contributed by atoms with Gasteiger partial charge in [-0.15, -0.1) is 0 Å². The van der Waals surface area contributed by atoms with Crippen LogP contribution in [-0.2, 0) is 9.59 Å². The second-order valence-corrected chi connectivity index (χ2v) is 4.72. The van der Waals surface area contributed by atoms with Crippen molar-refractivity contribution >= 4 is 11.6 Å². The van der Waals surface area contributed by atoms with Crippen LogP contribution in [0.3, 0.4) is 0 Å². The van der Waals surface area contributed by atoms with Gasteiger partial charge in [-0.3, -0.25) is 9.59 Å². The lowest BCUT2D eigenvalue weighted by Gasteiger charge is -2.23. The second-order valence-electron chi connectivity index (χ2n) is 4.72. The lowest BCUT2D eigenvalue weighted by atomic mass is 9.81. The van der Waals surface area contributed by atoms with Crippen LogP contribution in [0.15, 0.2) is 35.6 Å². The molecule has 1 aromatic rings. The summed E-state index contributed by atoms with van der Waals surface area (Å²) in [7, 11) is 0. The van der Waals surface area contributed by atoms with Gasteiger partial charge >= 0.3 is 0 Å². The molecule has 1 aliphatic carbocycles. The van der Waals surface area contributed by atoms with E-state index in [2.05, 4.69) is 0 Å². The molecule has 2 rings (SSSR count). The second kappa shape index (κ2) is 5.26. The standard InChI is InChI=1S/C15H16O4/c1-2-12(17)15-13(18)7-10(8-14(15)19)9-4-3-5-11(16)6-9/h3-6,10,16,18H,2,7-8H2,1H3. The number of carbonyl (C=O) groups is 2. The van der Waals surface area contributed by atoms with Crippen LogP contribution in [-0.4, -0.2) is 21.8 Å². The molecule has 1 unspecified atom stereocenters. The summed E-state index contributed by atoms with van der Waals surface area (Å²) in [6, 6.07) is 6.63. The Kier molecular flexibility index (Phi) is 3.69. The van der Waals surface area contributed by atoms with E-state index >= 15 is 0 Å². The summed E-state index contributed by atoms with van der Waals surface area (Å²) in [5.41, 5.74) is 0.752. The number of aromatic hydroxyl groups is 1. The largest absolute Gasteiger partial charge is 0.511 e. The number of ketones is 2. The molecule has 0 saturated carbocycles. The van der Waals surface area contributed by atoms with Crippen molar-refractivity contribution in [2.45, 2.75) is 32.1 Å². The monoisotopic (exact) mass is 260 g/mol. The highest BCUT2D eigenvalue weighted by Gasteiger charge is 2.31. The molecule has 0 fully saturated rings. The van der Waals surface area contributed by atoms with Crippen molar-refractivity contribution in [3.05, 3.63) is 41.2 Å². The molecule has 0 bridgehead atoms. The third-order valence-corrected chi connectivity index (χ3v) is 3.38. The van der Waals surface area contributed by atoms with Gasteiger partial charge in [0.2, 0.25) is 0 Å². The number of aliphatic hydroxyl groups is 1. The van der Waals surface area contributed by atoms with Gasteiger partial charge in [0.05, 0.1) is 5.57 Å². The van der Waals surface area contributed by atoms with Crippen LogP contribution in [0, 0.1) is 0 Å². The molecule has 0 radical (unpaired) electrons. The summed E-state index contributed by atoms with van der Waals surface area (Å²) in [5, 5.41) is 19.4. The van der Waals surface area contributed by atoms with E-state index in [1.807, 2.05) is 0 Å². The Morgan fingerprint density at radius 2 is 2.05 bits per heavy atom. The van der Waals surface area contributed by atoms with Crippen molar-refractivity contribution in [1.29, 1.82) is 0 Å². The molecular weight excluding hydrogens is 244 g/mol. The van der Waals surface area contributed by atoms with E-state index in [1.54, 1.807) is 31.2 Å². The Morgan fingerprint density at radius 3 is 2.63 bits per heavy atom. The first-order valence-electron chi connectivity index (χ1n) is 6.30. The molecular formula is C15H16O4. The van der Waals surface area contributed by atoms with Gasteiger partial charge in [-0.1, -0.05) is 19.1 Å².